The maximum Gasteiger partial charge on any atom is 0.245 e. The number of carbonyl (C=O) groups excluding carboxylic acids is 1. The predicted octanol–water partition coefficient (Wildman–Crippen LogP) is 3.21. The number of amides is 1. The molecule has 9 nitrogen and oxygen atoms in total. The average Bonchev–Trinajstić information content (AvgIpc) is 3.28. The number of nitrogens with one attached hydrogen (secondary N) is 1. The molecule has 3 N–H and O–H groups in total. The van der Waals surface area contributed by atoms with Gasteiger partial charge >= 0.3 is 0 Å². The molecule has 1 aromatic carbocycles. The lowest BCUT2D eigenvalue weighted by Gasteiger charge is -2.31. The highest BCUT2D eigenvalue weighted by Crippen LogP contribution is 2.30. The molecule has 0 unspecified atom stereocenters. The van der Waals surface area contributed by atoms with Crippen molar-refractivity contribution in [3.63, 3.8) is 0 Å². The van der Waals surface area contributed by atoms with Crippen LogP contribution in [0.2, 0.25) is 0 Å². The van der Waals surface area contributed by atoms with Crippen LogP contribution in [0.5, 0.6) is 5.75 Å². The van der Waals surface area contributed by atoms with Gasteiger partial charge in [-0.15, -0.1) is 5.10 Å². The Morgan fingerprint density at radius 2 is 1.91 bits per heavy atom. The fourth-order valence-electron chi connectivity index (χ4n) is 4.50. The minimum absolute atomic E-state index is 0.263. The summed E-state index contributed by atoms with van der Waals surface area (Å²) in [6.07, 6.45) is 5.56. The molecule has 1 aliphatic rings. The van der Waals surface area contributed by atoms with Crippen LogP contribution in [0.15, 0.2) is 60.9 Å². The molecule has 34 heavy (non-hydrogen) atoms. The normalized spacial score (nSPS) is 14.9. The Hall–Kier alpha value is -3.98. The summed E-state index contributed by atoms with van der Waals surface area (Å²) in [7, 11) is 1.63. The van der Waals surface area contributed by atoms with Gasteiger partial charge in [-0.25, -0.2) is 9.50 Å². The Labute approximate surface area is 197 Å². The predicted molar refractivity (Wildman–Crippen MR) is 130 cm³/mol. The molecule has 4 aromatic rings. The molecule has 1 fully saturated rings. The SMILES string of the molecule is COc1cccnc1-c1ccc2cnc(Nc3ccc(C4CCN(CC(N)=O)CC4)cc3)nn12. The van der Waals surface area contributed by atoms with E-state index in [0.717, 1.165) is 48.5 Å². The van der Waals surface area contributed by atoms with E-state index < -0.39 is 0 Å². The Bertz CT molecular complexity index is 1290. The van der Waals surface area contributed by atoms with Crippen molar-refractivity contribution >= 4 is 23.1 Å². The third-order valence-corrected chi connectivity index (χ3v) is 6.24. The number of primary amides is 1. The summed E-state index contributed by atoms with van der Waals surface area (Å²) >= 11 is 0. The molecule has 5 rings (SSSR count). The first-order chi connectivity index (χ1) is 16.6. The maximum absolute atomic E-state index is 11.1. The van der Waals surface area contributed by atoms with Crippen molar-refractivity contribution in [3.05, 3.63) is 66.5 Å². The summed E-state index contributed by atoms with van der Waals surface area (Å²) in [5, 5.41) is 7.98. The van der Waals surface area contributed by atoms with Gasteiger partial charge in [0.25, 0.3) is 0 Å². The van der Waals surface area contributed by atoms with E-state index in [1.165, 1.54) is 5.56 Å². The molecule has 4 heterocycles. The van der Waals surface area contributed by atoms with Crippen LogP contribution in [-0.4, -0.2) is 57.1 Å². The third kappa shape index (κ3) is 4.55. The van der Waals surface area contributed by atoms with Gasteiger partial charge in [0.2, 0.25) is 11.9 Å². The average molecular weight is 458 g/mol. The molecule has 1 amide bonds. The van der Waals surface area contributed by atoms with Gasteiger partial charge in [-0.1, -0.05) is 12.1 Å². The van der Waals surface area contributed by atoms with Crippen LogP contribution in [0.1, 0.15) is 24.3 Å². The summed E-state index contributed by atoms with van der Waals surface area (Å²) < 4.78 is 7.28. The van der Waals surface area contributed by atoms with Crippen LogP contribution in [0.4, 0.5) is 11.6 Å². The summed E-state index contributed by atoms with van der Waals surface area (Å²) in [5.74, 6) is 1.40. The van der Waals surface area contributed by atoms with Crippen LogP contribution in [0, 0.1) is 0 Å². The number of nitrogens with zero attached hydrogens (tertiary/aromatic N) is 5. The number of pyridine rings is 1. The van der Waals surface area contributed by atoms with E-state index in [0.29, 0.717) is 24.2 Å². The molecular formula is C25H27N7O2. The van der Waals surface area contributed by atoms with E-state index in [4.69, 9.17) is 10.5 Å². The van der Waals surface area contributed by atoms with Crippen molar-refractivity contribution in [1.82, 2.24) is 24.5 Å². The summed E-state index contributed by atoms with van der Waals surface area (Å²) in [6.45, 7) is 2.12. The second-order valence-corrected chi connectivity index (χ2v) is 8.46. The Balaban J connectivity index is 1.31. The van der Waals surface area contributed by atoms with Crippen LogP contribution >= 0.6 is 0 Å². The van der Waals surface area contributed by atoms with Crippen molar-refractivity contribution in [2.24, 2.45) is 5.73 Å². The number of hydrogen-bond acceptors (Lipinski definition) is 7. The topological polar surface area (TPSA) is 111 Å². The minimum Gasteiger partial charge on any atom is -0.494 e. The molecule has 0 bridgehead atoms. The lowest BCUT2D eigenvalue weighted by Crippen LogP contribution is -2.39. The lowest BCUT2D eigenvalue weighted by molar-refractivity contribution is -0.119. The summed E-state index contributed by atoms with van der Waals surface area (Å²) in [6, 6.07) is 16.0. The van der Waals surface area contributed by atoms with Gasteiger partial charge in [0, 0.05) is 11.9 Å². The van der Waals surface area contributed by atoms with Gasteiger partial charge in [-0.2, -0.15) is 0 Å². The fraction of sp³-hybridized carbons (Fsp3) is 0.280. The second-order valence-electron chi connectivity index (χ2n) is 8.46. The van der Waals surface area contributed by atoms with Crippen LogP contribution < -0.4 is 15.8 Å². The van der Waals surface area contributed by atoms with Crippen molar-refractivity contribution in [1.29, 1.82) is 0 Å². The van der Waals surface area contributed by atoms with E-state index in [1.807, 2.05) is 28.8 Å². The molecule has 0 spiro atoms. The first-order valence-electron chi connectivity index (χ1n) is 11.3. The number of likely N-dealkylation sites (tertiary alicyclic amines) is 1. The molecule has 0 atom stereocenters. The van der Waals surface area contributed by atoms with E-state index in [9.17, 15) is 4.79 Å². The second kappa shape index (κ2) is 9.48. The van der Waals surface area contributed by atoms with Crippen molar-refractivity contribution in [2.45, 2.75) is 18.8 Å². The number of fused-ring (bicyclic) bond motifs is 1. The molecule has 1 saturated heterocycles. The Morgan fingerprint density at radius 1 is 1.12 bits per heavy atom. The molecule has 0 aliphatic carbocycles. The van der Waals surface area contributed by atoms with Crippen LogP contribution in [0.3, 0.4) is 0 Å². The van der Waals surface area contributed by atoms with E-state index in [1.54, 1.807) is 19.5 Å². The van der Waals surface area contributed by atoms with Gasteiger partial charge in [0.15, 0.2) is 0 Å². The van der Waals surface area contributed by atoms with Gasteiger partial charge in [0.1, 0.15) is 11.4 Å². The smallest absolute Gasteiger partial charge is 0.245 e. The number of ether oxygens (including phenoxy) is 1. The summed E-state index contributed by atoms with van der Waals surface area (Å²) in [5.41, 5.74) is 9.95. The largest absolute Gasteiger partial charge is 0.494 e. The third-order valence-electron chi connectivity index (χ3n) is 6.24. The number of carbonyl (C=O) groups is 1. The number of nitrogens with two attached hydrogens (primary N) is 1. The van der Waals surface area contributed by atoms with Crippen LogP contribution in [0.25, 0.3) is 16.9 Å². The Kier molecular flexibility index (Phi) is 6.09. The maximum atomic E-state index is 11.1. The van der Waals surface area contributed by atoms with Gasteiger partial charge in [0.05, 0.1) is 31.1 Å². The fourth-order valence-corrected chi connectivity index (χ4v) is 4.50. The van der Waals surface area contributed by atoms with Crippen molar-refractivity contribution in [3.8, 4) is 17.1 Å². The number of anilines is 2. The van der Waals surface area contributed by atoms with Gasteiger partial charge in [-0.3, -0.25) is 14.7 Å². The summed E-state index contributed by atoms with van der Waals surface area (Å²) in [4.78, 5) is 22.2. The highest BCUT2D eigenvalue weighted by atomic mass is 16.5. The van der Waals surface area contributed by atoms with Crippen molar-refractivity contribution < 1.29 is 9.53 Å². The first-order valence-corrected chi connectivity index (χ1v) is 11.3. The first kappa shape index (κ1) is 21.8. The molecular weight excluding hydrogens is 430 g/mol. The molecule has 1 aliphatic heterocycles. The van der Waals surface area contributed by atoms with Crippen molar-refractivity contribution in [2.75, 3.05) is 32.1 Å². The number of aromatic nitrogens is 4. The zero-order chi connectivity index (χ0) is 23.5. The number of hydrogen-bond donors (Lipinski definition) is 2. The highest BCUT2D eigenvalue weighted by Gasteiger charge is 2.21. The highest BCUT2D eigenvalue weighted by molar-refractivity contribution is 5.76. The zero-order valence-corrected chi connectivity index (χ0v) is 19.0. The monoisotopic (exact) mass is 457 g/mol. The lowest BCUT2D eigenvalue weighted by atomic mass is 9.89. The van der Waals surface area contributed by atoms with Gasteiger partial charge < -0.3 is 15.8 Å². The van der Waals surface area contributed by atoms with Gasteiger partial charge in [-0.05, 0) is 73.8 Å². The molecule has 0 radical (unpaired) electrons. The Morgan fingerprint density at radius 3 is 2.65 bits per heavy atom. The quantitative estimate of drug-likeness (QED) is 0.438. The van der Waals surface area contributed by atoms with E-state index in [-0.39, 0.29) is 5.91 Å². The number of benzene rings is 1. The number of rotatable bonds is 7. The van der Waals surface area contributed by atoms with E-state index >= 15 is 0 Å². The standard InChI is InChI=1S/C25H27N7O2/c1-34-22-3-2-12-27-24(22)21-9-8-20-15-28-25(30-32(20)21)29-19-6-4-17(5-7-19)18-10-13-31(14-11-18)16-23(26)33/h2-9,12,15,18H,10-11,13-14,16H2,1H3,(H2,26,33)(H,29,30). The molecule has 3 aromatic heterocycles. The molecule has 0 saturated carbocycles. The number of methoxy groups -OCH3 is 1. The zero-order valence-electron chi connectivity index (χ0n) is 19.0. The van der Waals surface area contributed by atoms with E-state index in [2.05, 4.69) is 49.5 Å². The van der Waals surface area contributed by atoms with Crippen LogP contribution in [-0.2, 0) is 4.79 Å². The molecule has 9 heteroatoms. The molecule has 174 valence electrons. The number of piperidine rings is 1. The minimum atomic E-state index is -0.263.